The molecule has 25 heavy (non-hydrogen) atoms. The number of ether oxygens (including phenoxy) is 2. The summed E-state index contributed by atoms with van der Waals surface area (Å²) in [6.07, 6.45) is 0. The largest absolute Gasteiger partial charge is 0.495 e. The molecule has 0 saturated heterocycles. The van der Waals surface area contributed by atoms with E-state index in [4.69, 9.17) is 9.47 Å². The number of anilines is 1. The minimum Gasteiger partial charge on any atom is -0.495 e. The first kappa shape index (κ1) is 19.1. The Morgan fingerprint density at radius 3 is 2.28 bits per heavy atom. The average molecular weight is 363 g/mol. The SMILES string of the molecule is CCOc1ccc(NS(=O)(=O)c2cc(C(C)C)c(C)cc2OC)cc1. The van der Waals surface area contributed by atoms with Crippen LogP contribution in [0.5, 0.6) is 11.5 Å². The van der Waals surface area contributed by atoms with E-state index in [0.717, 1.165) is 11.1 Å². The van der Waals surface area contributed by atoms with Gasteiger partial charge in [0, 0.05) is 5.69 Å². The molecule has 0 heterocycles. The maximum atomic E-state index is 12.9. The smallest absolute Gasteiger partial charge is 0.265 e. The predicted octanol–water partition coefficient (Wildman–Crippen LogP) is 4.33. The van der Waals surface area contributed by atoms with Gasteiger partial charge in [0.2, 0.25) is 0 Å². The van der Waals surface area contributed by atoms with Crippen LogP contribution in [0.1, 0.15) is 37.8 Å². The molecule has 0 unspecified atom stereocenters. The van der Waals surface area contributed by atoms with Crippen molar-refractivity contribution in [2.24, 2.45) is 0 Å². The number of aryl methyl sites for hydroxylation is 1. The van der Waals surface area contributed by atoms with E-state index in [1.807, 2.05) is 27.7 Å². The molecule has 0 saturated carbocycles. The second kappa shape index (κ2) is 7.78. The van der Waals surface area contributed by atoms with Crippen molar-refractivity contribution in [3.8, 4) is 11.5 Å². The van der Waals surface area contributed by atoms with E-state index in [0.29, 0.717) is 23.8 Å². The van der Waals surface area contributed by atoms with Gasteiger partial charge >= 0.3 is 0 Å². The molecule has 2 aromatic carbocycles. The highest BCUT2D eigenvalue weighted by atomic mass is 32.2. The second-order valence-electron chi connectivity index (χ2n) is 6.08. The molecular formula is C19H25NO4S. The van der Waals surface area contributed by atoms with Crippen LogP contribution in [0.3, 0.4) is 0 Å². The van der Waals surface area contributed by atoms with Crippen LogP contribution in [-0.4, -0.2) is 22.1 Å². The van der Waals surface area contributed by atoms with Crippen LogP contribution in [0.15, 0.2) is 41.3 Å². The second-order valence-corrected chi connectivity index (χ2v) is 7.73. The first-order valence-corrected chi connectivity index (χ1v) is 9.71. The van der Waals surface area contributed by atoms with Gasteiger partial charge in [0.1, 0.15) is 16.4 Å². The summed E-state index contributed by atoms with van der Waals surface area (Å²) in [6, 6.07) is 10.3. The highest BCUT2D eigenvalue weighted by Gasteiger charge is 2.22. The van der Waals surface area contributed by atoms with Gasteiger partial charge < -0.3 is 9.47 Å². The van der Waals surface area contributed by atoms with E-state index >= 15 is 0 Å². The van der Waals surface area contributed by atoms with E-state index in [2.05, 4.69) is 4.72 Å². The molecule has 0 fully saturated rings. The Labute approximate surface area is 150 Å². The van der Waals surface area contributed by atoms with Gasteiger partial charge in [-0.25, -0.2) is 8.42 Å². The lowest BCUT2D eigenvalue weighted by Crippen LogP contribution is -2.15. The predicted molar refractivity (Wildman–Crippen MR) is 100 cm³/mol. The molecule has 0 spiro atoms. The summed E-state index contributed by atoms with van der Waals surface area (Å²) in [6.45, 7) is 8.47. The van der Waals surface area contributed by atoms with Crippen molar-refractivity contribution in [2.45, 2.75) is 38.5 Å². The molecule has 0 aliphatic carbocycles. The summed E-state index contributed by atoms with van der Waals surface area (Å²) in [5.74, 6) is 1.24. The highest BCUT2D eigenvalue weighted by molar-refractivity contribution is 7.92. The van der Waals surface area contributed by atoms with Crippen molar-refractivity contribution in [3.63, 3.8) is 0 Å². The third-order valence-electron chi connectivity index (χ3n) is 3.88. The molecule has 0 amide bonds. The van der Waals surface area contributed by atoms with Crippen LogP contribution in [0.25, 0.3) is 0 Å². The van der Waals surface area contributed by atoms with Gasteiger partial charge in [0.25, 0.3) is 10.0 Å². The Balaban J connectivity index is 2.39. The molecule has 1 N–H and O–H groups in total. The van der Waals surface area contributed by atoms with Crippen LogP contribution < -0.4 is 14.2 Å². The Bertz CT molecular complexity index is 827. The third-order valence-corrected chi connectivity index (χ3v) is 5.28. The summed E-state index contributed by atoms with van der Waals surface area (Å²) in [5, 5.41) is 0. The van der Waals surface area contributed by atoms with Crippen LogP contribution in [0.2, 0.25) is 0 Å². The summed E-state index contributed by atoms with van der Waals surface area (Å²) in [5.41, 5.74) is 2.46. The molecule has 0 radical (unpaired) electrons. The summed E-state index contributed by atoms with van der Waals surface area (Å²) in [7, 11) is -2.30. The minimum atomic E-state index is -3.77. The highest BCUT2D eigenvalue weighted by Crippen LogP contribution is 2.32. The molecule has 0 aliphatic heterocycles. The minimum absolute atomic E-state index is 0.137. The van der Waals surface area contributed by atoms with E-state index in [9.17, 15) is 8.42 Å². The summed E-state index contributed by atoms with van der Waals surface area (Å²) < 4.78 is 39.0. The van der Waals surface area contributed by atoms with Crippen molar-refractivity contribution in [1.82, 2.24) is 0 Å². The zero-order chi connectivity index (χ0) is 18.6. The van der Waals surface area contributed by atoms with Crippen molar-refractivity contribution < 1.29 is 17.9 Å². The lowest BCUT2D eigenvalue weighted by molar-refractivity contribution is 0.340. The molecule has 0 aromatic heterocycles. The lowest BCUT2D eigenvalue weighted by Gasteiger charge is -2.17. The van der Waals surface area contributed by atoms with Gasteiger partial charge in [-0.1, -0.05) is 13.8 Å². The number of rotatable bonds is 7. The number of hydrogen-bond acceptors (Lipinski definition) is 4. The molecular weight excluding hydrogens is 338 g/mol. The standard InChI is InChI=1S/C19H25NO4S/c1-6-24-16-9-7-15(8-10-16)20-25(21,22)19-12-17(13(2)3)14(4)11-18(19)23-5/h7-13,20H,6H2,1-5H3. The molecule has 5 nitrogen and oxygen atoms in total. The first-order valence-electron chi connectivity index (χ1n) is 8.22. The van der Waals surface area contributed by atoms with Crippen molar-refractivity contribution in [1.29, 1.82) is 0 Å². The van der Waals surface area contributed by atoms with Gasteiger partial charge in [-0.3, -0.25) is 4.72 Å². The Morgan fingerprint density at radius 2 is 1.76 bits per heavy atom. The molecule has 6 heteroatoms. The van der Waals surface area contributed by atoms with Crippen LogP contribution >= 0.6 is 0 Å². The number of benzene rings is 2. The average Bonchev–Trinajstić information content (AvgIpc) is 2.55. The normalized spacial score (nSPS) is 11.4. The lowest BCUT2D eigenvalue weighted by atomic mass is 9.98. The topological polar surface area (TPSA) is 64.6 Å². The third kappa shape index (κ3) is 4.45. The van der Waals surface area contributed by atoms with Gasteiger partial charge in [0.15, 0.2) is 0 Å². The van der Waals surface area contributed by atoms with Crippen molar-refractivity contribution in [2.75, 3.05) is 18.4 Å². The fraction of sp³-hybridized carbons (Fsp3) is 0.368. The maximum absolute atomic E-state index is 12.9. The quantitative estimate of drug-likeness (QED) is 0.795. The van der Waals surface area contributed by atoms with Crippen molar-refractivity contribution in [3.05, 3.63) is 47.5 Å². The summed E-state index contributed by atoms with van der Waals surface area (Å²) in [4.78, 5) is 0.137. The van der Waals surface area contributed by atoms with E-state index < -0.39 is 10.0 Å². The van der Waals surface area contributed by atoms with E-state index in [1.54, 1.807) is 36.4 Å². The molecule has 0 atom stereocenters. The number of hydrogen-bond donors (Lipinski definition) is 1. The van der Waals surface area contributed by atoms with Gasteiger partial charge in [0.05, 0.1) is 13.7 Å². The van der Waals surface area contributed by atoms with E-state index in [1.165, 1.54) is 7.11 Å². The van der Waals surface area contributed by atoms with Gasteiger partial charge in [-0.2, -0.15) is 0 Å². The fourth-order valence-electron chi connectivity index (χ4n) is 2.66. The Morgan fingerprint density at radius 1 is 1.12 bits per heavy atom. The monoisotopic (exact) mass is 363 g/mol. The molecule has 136 valence electrons. The first-order chi connectivity index (χ1) is 11.8. The molecule has 2 aromatic rings. The zero-order valence-electron chi connectivity index (χ0n) is 15.3. The van der Waals surface area contributed by atoms with Gasteiger partial charge in [-0.15, -0.1) is 0 Å². The van der Waals surface area contributed by atoms with Gasteiger partial charge in [-0.05, 0) is 67.3 Å². The Hall–Kier alpha value is -2.21. The van der Waals surface area contributed by atoms with E-state index in [-0.39, 0.29) is 10.8 Å². The number of methoxy groups -OCH3 is 1. The maximum Gasteiger partial charge on any atom is 0.265 e. The Kier molecular flexibility index (Phi) is 5.95. The van der Waals surface area contributed by atoms with Crippen molar-refractivity contribution >= 4 is 15.7 Å². The molecule has 0 aliphatic rings. The van der Waals surface area contributed by atoms with Crippen LogP contribution in [0.4, 0.5) is 5.69 Å². The number of sulfonamides is 1. The zero-order valence-corrected chi connectivity index (χ0v) is 16.1. The summed E-state index contributed by atoms with van der Waals surface area (Å²) >= 11 is 0. The van der Waals surface area contributed by atoms with Crippen LogP contribution in [-0.2, 0) is 10.0 Å². The molecule has 2 rings (SSSR count). The van der Waals surface area contributed by atoms with Crippen LogP contribution in [0, 0.1) is 6.92 Å². The number of nitrogens with one attached hydrogen (secondary N) is 1. The molecule has 0 bridgehead atoms. The fourth-order valence-corrected chi connectivity index (χ4v) is 3.91.